The van der Waals surface area contributed by atoms with E-state index < -0.39 is 5.97 Å². The standard InChI is InChI=1S/C12H11NO3/c1-3-11(14)16-10-7-5-6-9(8-13)12(10)15-4-2/h3,5-7H,1,4H2,2H3. The second-order valence-electron chi connectivity index (χ2n) is 2.80. The van der Waals surface area contributed by atoms with Gasteiger partial charge in [0.25, 0.3) is 0 Å². The van der Waals surface area contributed by atoms with Crippen molar-refractivity contribution in [2.75, 3.05) is 6.61 Å². The van der Waals surface area contributed by atoms with Crippen molar-refractivity contribution in [3.05, 3.63) is 36.4 Å². The van der Waals surface area contributed by atoms with Crippen LogP contribution < -0.4 is 9.47 Å². The summed E-state index contributed by atoms with van der Waals surface area (Å²) in [6, 6.07) is 6.74. The lowest BCUT2D eigenvalue weighted by Crippen LogP contribution is -2.06. The Kier molecular flexibility index (Phi) is 4.10. The van der Waals surface area contributed by atoms with Crippen LogP contribution in [0.2, 0.25) is 0 Å². The fourth-order valence-corrected chi connectivity index (χ4v) is 1.13. The van der Waals surface area contributed by atoms with Gasteiger partial charge in [0.2, 0.25) is 0 Å². The van der Waals surface area contributed by atoms with Crippen molar-refractivity contribution in [2.24, 2.45) is 0 Å². The summed E-state index contributed by atoms with van der Waals surface area (Å²) in [6.07, 6.45) is 1.05. The van der Waals surface area contributed by atoms with Gasteiger partial charge in [0.15, 0.2) is 11.5 Å². The van der Waals surface area contributed by atoms with Crippen LogP contribution in [-0.2, 0) is 4.79 Å². The molecule has 1 aromatic rings. The molecule has 1 rings (SSSR count). The Bertz CT molecular complexity index is 446. The zero-order valence-corrected chi connectivity index (χ0v) is 8.90. The van der Waals surface area contributed by atoms with Gasteiger partial charge in [-0.15, -0.1) is 0 Å². The van der Waals surface area contributed by atoms with Gasteiger partial charge in [-0.2, -0.15) is 5.26 Å². The normalized spacial score (nSPS) is 9.00. The predicted molar refractivity (Wildman–Crippen MR) is 58.2 cm³/mol. The maximum Gasteiger partial charge on any atom is 0.335 e. The maximum atomic E-state index is 11.1. The van der Waals surface area contributed by atoms with Gasteiger partial charge in [-0.25, -0.2) is 4.79 Å². The molecule has 0 atom stereocenters. The van der Waals surface area contributed by atoms with Gasteiger partial charge >= 0.3 is 5.97 Å². The molecule has 4 nitrogen and oxygen atoms in total. The maximum absolute atomic E-state index is 11.1. The molecule has 0 aliphatic heterocycles. The Balaban J connectivity index is 3.12. The van der Waals surface area contributed by atoms with Gasteiger partial charge < -0.3 is 9.47 Å². The number of nitriles is 1. The zero-order chi connectivity index (χ0) is 12.0. The van der Waals surface area contributed by atoms with Crippen molar-refractivity contribution in [3.63, 3.8) is 0 Å². The van der Waals surface area contributed by atoms with E-state index in [4.69, 9.17) is 14.7 Å². The van der Waals surface area contributed by atoms with E-state index in [9.17, 15) is 4.79 Å². The number of ether oxygens (including phenoxy) is 2. The first-order chi connectivity index (χ1) is 7.72. The number of carbonyl (C=O) groups is 1. The van der Waals surface area contributed by atoms with Crippen LogP contribution in [0.4, 0.5) is 0 Å². The van der Waals surface area contributed by atoms with Crippen LogP contribution in [0.1, 0.15) is 12.5 Å². The van der Waals surface area contributed by atoms with Crippen LogP contribution in [-0.4, -0.2) is 12.6 Å². The molecular weight excluding hydrogens is 206 g/mol. The summed E-state index contributed by atoms with van der Waals surface area (Å²) in [7, 11) is 0. The fourth-order valence-electron chi connectivity index (χ4n) is 1.13. The molecule has 82 valence electrons. The number of hydrogen-bond acceptors (Lipinski definition) is 4. The highest BCUT2D eigenvalue weighted by atomic mass is 16.6. The van der Waals surface area contributed by atoms with E-state index in [0.29, 0.717) is 12.2 Å². The van der Waals surface area contributed by atoms with Crippen molar-refractivity contribution in [1.82, 2.24) is 0 Å². The summed E-state index contributed by atoms with van der Waals surface area (Å²) in [5.74, 6) is -0.0791. The molecule has 0 saturated carbocycles. The lowest BCUT2D eigenvalue weighted by Gasteiger charge is -2.10. The number of para-hydroxylation sites is 1. The Morgan fingerprint density at radius 3 is 2.94 bits per heavy atom. The molecule has 0 radical (unpaired) electrons. The first-order valence-electron chi connectivity index (χ1n) is 4.73. The third-order valence-electron chi connectivity index (χ3n) is 1.77. The first kappa shape index (κ1) is 11.8. The van der Waals surface area contributed by atoms with Crippen LogP contribution in [0.15, 0.2) is 30.9 Å². The highest BCUT2D eigenvalue weighted by molar-refractivity contribution is 5.84. The highest BCUT2D eigenvalue weighted by Crippen LogP contribution is 2.30. The quantitative estimate of drug-likeness (QED) is 0.440. The molecule has 0 aliphatic carbocycles. The van der Waals surface area contributed by atoms with E-state index in [1.54, 1.807) is 25.1 Å². The van der Waals surface area contributed by atoms with E-state index in [0.717, 1.165) is 6.08 Å². The van der Waals surface area contributed by atoms with Crippen LogP contribution in [0.3, 0.4) is 0 Å². The molecule has 0 unspecified atom stereocenters. The van der Waals surface area contributed by atoms with Crippen molar-refractivity contribution in [2.45, 2.75) is 6.92 Å². The number of rotatable bonds is 4. The second kappa shape index (κ2) is 5.56. The topological polar surface area (TPSA) is 59.3 Å². The molecule has 1 aromatic carbocycles. The second-order valence-corrected chi connectivity index (χ2v) is 2.80. The Hall–Kier alpha value is -2.28. The lowest BCUT2D eigenvalue weighted by molar-refractivity contribution is -0.129. The molecule has 0 aromatic heterocycles. The molecule has 0 spiro atoms. The van der Waals surface area contributed by atoms with Crippen molar-refractivity contribution in [1.29, 1.82) is 5.26 Å². The molecule has 0 bridgehead atoms. The van der Waals surface area contributed by atoms with Crippen LogP contribution in [0.5, 0.6) is 11.5 Å². The average Bonchev–Trinajstić information content (AvgIpc) is 2.31. The highest BCUT2D eigenvalue weighted by Gasteiger charge is 2.12. The third-order valence-corrected chi connectivity index (χ3v) is 1.77. The van der Waals surface area contributed by atoms with Gasteiger partial charge in [0.1, 0.15) is 6.07 Å². The monoisotopic (exact) mass is 217 g/mol. The van der Waals surface area contributed by atoms with E-state index >= 15 is 0 Å². The van der Waals surface area contributed by atoms with E-state index in [2.05, 4.69) is 6.58 Å². The van der Waals surface area contributed by atoms with Gasteiger partial charge in [-0.05, 0) is 19.1 Å². The molecule has 0 N–H and O–H groups in total. The number of nitrogens with zero attached hydrogens (tertiary/aromatic N) is 1. The van der Waals surface area contributed by atoms with Gasteiger partial charge in [-0.3, -0.25) is 0 Å². The summed E-state index contributed by atoms with van der Waals surface area (Å²) in [6.45, 7) is 5.47. The Morgan fingerprint density at radius 2 is 2.38 bits per heavy atom. The molecule has 0 aliphatic rings. The Morgan fingerprint density at radius 1 is 1.62 bits per heavy atom. The van der Waals surface area contributed by atoms with Gasteiger partial charge in [0, 0.05) is 6.08 Å². The molecular formula is C12H11NO3. The smallest absolute Gasteiger partial charge is 0.335 e. The van der Waals surface area contributed by atoms with Crippen LogP contribution in [0, 0.1) is 11.3 Å². The summed E-state index contributed by atoms with van der Waals surface area (Å²) >= 11 is 0. The predicted octanol–water partition coefficient (Wildman–Crippen LogP) is 2.05. The number of carbonyl (C=O) groups excluding carboxylic acids is 1. The van der Waals surface area contributed by atoms with E-state index in [1.165, 1.54) is 0 Å². The zero-order valence-electron chi connectivity index (χ0n) is 8.90. The summed E-state index contributed by atoms with van der Waals surface area (Å²) in [5, 5.41) is 8.87. The average molecular weight is 217 g/mol. The van der Waals surface area contributed by atoms with Gasteiger partial charge in [0.05, 0.1) is 12.2 Å². The summed E-state index contributed by atoms with van der Waals surface area (Å²) in [4.78, 5) is 11.1. The SMILES string of the molecule is C=CC(=O)Oc1cccc(C#N)c1OCC. The largest absolute Gasteiger partial charge is 0.489 e. The van der Waals surface area contributed by atoms with E-state index in [1.807, 2.05) is 6.07 Å². The molecule has 0 heterocycles. The first-order valence-corrected chi connectivity index (χ1v) is 4.73. The molecule has 0 fully saturated rings. The fraction of sp³-hybridized carbons (Fsp3) is 0.167. The number of benzene rings is 1. The van der Waals surface area contributed by atoms with Crippen LogP contribution >= 0.6 is 0 Å². The number of hydrogen-bond donors (Lipinski definition) is 0. The van der Waals surface area contributed by atoms with Gasteiger partial charge in [-0.1, -0.05) is 12.6 Å². The summed E-state index contributed by atoms with van der Waals surface area (Å²) < 4.78 is 10.2. The van der Waals surface area contributed by atoms with Crippen molar-refractivity contribution < 1.29 is 14.3 Å². The molecule has 0 amide bonds. The van der Waals surface area contributed by atoms with Crippen LogP contribution in [0.25, 0.3) is 0 Å². The Labute approximate surface area is 93.7 Å². The van der Waals surface area contributed by atoms with Crippen molar-refractivity contribution in [3.8, 4) is 17.6 Å². The molecule has 4 heteroatoms. The minimum absolute atomic E-state index is 0.228. The minimum atomic E-state index is -0.587. The number of esters is 1. The molecule has 16 heavy (non-hydrogen) atoms. The van der Waals surface area contributed by atoms with E-state index in [-0.39, 0.29) is 11.5 Å². The minimum Gasteiger partial charge on any atom is -0.489 e. The lowest BCUT2D eigenvalue weighted by atomic mass is 10.2. The third kappa shape index (κ3) is 2.61. The summed E-state index contributed by atoms with van der Waals surface area (Å²) in [5.41, 5.74) is 0.330. The van der Waals surface area contributed by atoms with Crippen molar-refractivity contribution >= 4 is 5.97 Å². The molecule has 0 saturated heterocycles.